The third kappa shape index (κ3) is 3.19. The van der Waals surface area contributed by atoms with E-state index in [4.69, 9.17) is 5.11 Å². The Kier molecular flexibility index (Phi) is 3.61. The summed E-state index contributed by atoms with van der Waals surface area (Å²) >= 11 is 0. The molecule has 0 aliphatic carbocycles. The maximum Gasteiger partial charge on any atom is 0.303 e. The number of pyridine rings is 1. The van der Waals surface area contributed by atoms with Crippen LogP contribution in [0.4, 0.5) is 5.69 Å². The Morgan fingerprint density at radius 2 is 2.24 bits per heavy atom. The van der Waals surface area contributed by atoms with E-state index in [0.717, 1.165) is 31.6 Å². The Labute approximate surface area is 101 Å². The lowest BCUT2D eigenvalue weighted by Crippen LogP contribution is -2.34. The van der Waals surface area contributed by atoms with Crippen LogP contribution in [0.25, 0.3) is 0 Å². The van der Waals surface area contributed by atoms with E-state index in [1.54, 1.807) is 0 Å². The topological polar surface area (TPSA) is 53.4 Å². The Balaban J connectivity index is 1.93. The maximum absolute atomic E-state index is 10.6. The SMILES string of the molecule is Cc1cc(N2CCC(CC(=O)O)CC2)ccn1. The number of nitrogens with zero attached hydrogens (tertiary/aromatic N) is 2. The summed E-state index contributed by atoms with van der Waals surface area (Å²) < 4.78 is 0. The Morgan fingerprint density at radius 1 is 1.53 bits per heavy atom. The van der Waals surface area contributed by atoms with Gasteiger partial charge < -0.3 is 10.0 Å². The second-order valence-corrected chi connectivity index (χ2v) is 4.68. The average molecular weight is 234 g/mol. The lowest BCUT2D eigenvalue weighted by molar-refractivity contribution is -0.138. The molecule has 17 heavy (non-hydrogen) atoms. The van der Waals surface area contributed by atoms with Crippen molar-refractivity contribution in [3.63, 3.8) is 0 Å². The van der Waals surface area contributed by atoms with Crippen LogP contribution in [0.1, 0.15) is 25.0 Å². The van der Waals surface area contributed by atoms with Crippen LogP contribution in [0, 0.1) is 12.8 Å². The first kappa shape index (κ1) is 11.9. The summed E-state index contributed by atoms with van der Waals surface area (Å²) in [6, 6.07) is 4.10. The summed E-state index contributed by atoms with van der Waals surface area (Å²) in [6.07, 6.45) is 4.07. The second kappa shape index (κ2) is 5.17. The normalized spacial score (nSPS) is 17.1. The number of carboxylic acids is 1. The fourth-order valence-corrected chi connectivity index (χ4v) is 2.37. The molecule has 4 nitrogen and oxygen atoms in total. The molecule has 1 N–H and O–H groups in total. The van der Waals surface area contributed by atoms with E-state index in [0.29, 0.717) is 12.3 Å². The van der Waals surface area contributed by atoms with Crippen molar-refractivity contribution in [3.8, 4) is 0 Å². The van der Waals surface area contributed by atoms with Gasteiger partial charge in [0.1, 0.15) is 0 Å². The van der Waals surface area contributed by atoms with Gasteiger partial charge in [0.2, 0.25) is 0 Å². The van der Waals surface area contributed by atoms with E-state index >= 15 is 0 Å². The number of rotatable bonds is 3. The molecule has 4 heteroatoms. The predicted octanol–water partition coefficient (Wildman–Crippen LogP) is 2.08. The fraction of sp³-hybridized carbons (Fsp3) is 0.538. The van der Waals surface area contributed by atoms with Gasteiger partial charge in [-0.25, -0.2) is 0 Å². The van der Waals surface area contributed by atoms with Crippen molar-refractivity contribution < 1.29 is 9.90 Å². The van der Waals surface area contributed by atoms with Crippen LogP contribution in [0.15, 0.2) is 18.3 Å². The first-order valence-electron chi connectivity index (χ1n) is 6.04. The Bertz CT molecular complexity index is 398. The third-order valence-corrected chi connectivity index (χ3v) is 3.32. The molecular weight excluding hydrogens is 216 g/mol. The number of carbonyl (C=O) groups is 1. The van der Waals surface area contributed by atoms with Gasteiger partial charge in [-0.1, -0.05) is 0 Å². The quantitative estimate of drug-likeness (QED) is 0.870. The van der Waals surface area contributed by atoms with Crippen molar-refractivity contribution in [2.75, 3.05) is 18.0 Å². The van der Waals surface area contributed by atoms with Crippen LogP contribution in [-0.2, 0) is 4.79 Å². The number of anilines is 1. The van der Waals surface area contributed by atoms with Crippen molar-refractivity contribution >= 4 is 11.7 Å². The third-order valence-electron chi connectivity index (χ3n) is 3.32. The minimum Gasteiger partial charge on any atom is -0.481 e. The lowest BCUT2D eigenvalue weighted by Gasteiger charge is -2.33. The van der Waals surface area contributed by atoms with E-state index in [9.17, 15) is 4.79 Å². The second-order valence-electron chi connectivity index (χ2n) is 4.68. The lowest BCUT2D eigenvalue weighted by atomic mass is 9.93. The van der Waals surface area contributed by atoms with Crippen molar-refractivity contribution in [2.45, 2.75) is 26.2 Å². The molecule has 1 aromatic heterocycles. The van der Waals surface area contributed by atoms with Gasteiger partial charge in [0.05, 0.1) is 0 Å². The monoisotopic (exact) mass is 234 g/mol. The largest absolute Gasteiger partial charge is 0.481 e. The summed E-state index contributed by atoms with van der Waals surface area (Å²) in [5.74, 6) is -0.338. The first-order valence-corrected chi connectivity index (χ1v) is 6.04. The van der Waals surface area contributed by atoms with Crippen LogP contribution < -0.4 is 4.90 Å². The minimum absolute atomic E-state index is 0.309. The van der Waals surface area contributed by atoms with E-state index in [-0.39, 0.29) is 0 Å². The molecule has 1 aliphatic heterocycles. The highest BCUT2D eigenvalue weighted by molar-refractivity contribution is 5.67. The van der Waals surface area contributed by atoms with Gasteiger partial charge in [0.25, 0.3) is 0 Å². The van der Waals surface area contributed by atoms with Gasteiger partial charge in [0, 0.05) is 37.1 Å². The molecule has 2 rings (SSSR count). The molecule has 1 aliphatic rings. The molecule has 0 bridgehead atoms. The zero-order valence-corrected chi connectivity index (χ0v) is 10.1. The highest BCUT2D eigenvalue weighted by Gasteiger charge is 2.21. The molecule has 0 amide bonds. The highest BCUT2D eigenvalue weighted by Crippen LogP contribution is 2.25. The molecule has 1 saturated heterocycles. The van der Waals surface area contributed by atoms with E-state index in [1.807, 2.05) is 19.2 Å². The van der Waals surface area contributed by atoms with Gasteiger partial charge in [-0.3, -0.25) is 9.78 Å². The molecular formula is C13H18N2O2. The zero-order chi connectivity index (χ0) is 12.3. The number of piperidine rings is 1. The molecule has 0 radical (unpaired) electrons. The van der Waals surface area contributed by atoms with E-state index < -0.39 is 5.97 Å². The fourth-order valence-electron chi connectivity index (χ4n) is 2.37. The predicted molar refractivity (Wildman–Crippen MR) is 66.2 cm³/mol. The van der Waals surface area contributed by atoms with Gasteiger partial charge in [-0.05, 0) is 37.8 Å². The van der Waals surface area contributed by atoms with Crippen LogP contribution >= 0.6 is 0 Å². The summed E-state index contributed by atoms with van der Waals surface area (Å²) in [5, 5.41) is 8.76. The molecule has 0 spiro atoms. The number of aromatic nitrogens is 1. The molecule has 0 atom stereocenters. The van der Waals surface area contributed by atoms with Crippen LogP contribution in [0.5, 0.6) is 0 Å². The summed E-state index contributed by atoms with van der Waals surface area (Å²) in [6.45, 7) is 3.88. The standard InChI is InChI=1S/C13H18N2O2/c1-10-8-12(2-5-14-10)15-6-3-11(4-7-15)9-13(16)17/h2,5,8,11H,3-4,6-7,9H2,1H3,(H,16,17). The van der Waals surface area contributed by atoms with Crippen LogP contribution in [0.3, 0.4) is 0 Å². The number of aliphatic carboxylic acids is 1. The van der Waals surface area contributed by atoms with E-state index in [2.05, 4.69) is 16.0 Å². The van der Waals surface area contributed by atoms with Gasteiger partial charge in [0.15, 0.2) is 0 Å². The average Bonchev–Trinajstić information content (AvgIpc) is 2.29. The molecule has 0 aromatic carbocycles. The van der Waals surface area contributed by atoms with Gasteiger partial charge in [-0.2, -0.15) is 0 Å². The minimum atomic E-state index is -0.678. The smallest absolute Gasteiger partial charge is 0.303 e. The van der Waals surface area contributed by atoms with Crippen LogP contribution in [-0.4, -0.2) is 29.1 Å². The zero-order valence-electron chi connectivity index (χ0n) is 10.1. The van der Waals surface area contributed by atoms with Crippen LogP contribution in [0.2, 0.25) is 0 Å². The molecule has 0 unspecified atom stereocenters. The van der Waals surface area contributed by atoms with Crippen molar-refractivity contribution in [2.24, 2.45) is 5.92 Å². The summed E-state index contributed by atoms with van der Waals surface area (Å²) in [4.78, 5) is 17.1. The van der Waals surface area contributed by atoms with Gasteiger partial charge >= 0.3 is 5.97 Å². The van der Waals surface area contributed by atoms with Crippen molar-refractivity contribution in [1.29, 1.82) is 0 Å². The molecule has 1 fully saturated rings. The Hall–Kier alpha value is -1.58. The first-order chi connectivity index (χ1) is 8.15. The Morgan fingerprint density at radius 3 is 2.82 bits per heavy atom. The molecule has 2 heterocycles. The molecule has 92 valence electrons. The van der Waals surface area contributed by atoms with E-state index in [1.165, 1.54) is 5.69 Å². The summed E-state index contributed by atoms with van der Waals surface area (Å²) in [5.41, 5.74) is 2.22. The highest BCUT2D eigenvalue weighted by atomic mass is 16.4. The number of hydrogen-bond acceptors (Lipinski definition) is 3. The maximum atomic E-state index is 10.6. The van der Waals surface area contributed by atoms with Gasteiger partial charge in [-0.15, -0.1) is 0 Å². The number of aryl methyl sites for hydroxylation is 1. The number of hydrogen-bond donors (Lipinski definition) is 1. The molecule has 0 saturated carbocycles. The van der Waals surface area contributed by atoms with Crippen molar-refractivity contribution in [1.82, 2.24) is 4.98 Å². The summed E-state index contributed by atoms with van der Waals surface area (Å²) in [7, 11) is 0. The van der Waals surface area contributed by atoms with Crippen molar-refractivity contribution in [3.05, 3.63) is 24.0 Å². The number of carboxylic acid groups (broad SMARTS) is 1. The molecule has 1 aromatic rings.